The molecule has 0 atom stereocenters. The van der Waals surface area contributed by atoms with E-state index in [9.17, 15) is 14.9 Å². The van der Waals surface area contributed by atoms with Gasteiger partial charge in [0.25, 0.3) is 5.91 Å². The van der Waals surface area contributed by atoms with Crippen LogP contribution in [0.5, 0.6) is 0 Å². The summed E-state index contributed by atoms with van der Waals surface area (Å²) in [5.41, 5.74) is 0.527. The topological polar surface area (TPSA) is 99.1 Å². The van der Waals surface area contributed by atoms with Crippen molar-refractivity contribution in [2.45, 2.75) is 33.5 Å². The molecule has 2 aromatic rings. The molecule has 0 bridgehead atoms. The van der Waals surface area contributed by atoms with Gasteiger partial charge in [0.15, 0.2) is 0 Å². The van der Waals surface area contributed by atoms with Crippen LogP contribution < -0.4 is 0 Å². The van der Waals surface area contributed by atoms with E-state index in [-0.39, 0.29) is 17.9 Å². The molecule has 1 amide bonds. The number of hydrogen-bond donors (Lipinski definition) is 0. The maximum Gasteiger partial charge on any atom is 0.320 e. The summed E-state index contributed by atoms with van der Waals surface area (Å²) in [6, 6.07) is 0. The lowest BCUT2D eigenvalue weighted by atomic mass is 10.3. The van der Waals surface area contributed by atoms with Gasteiger partial charge in [-0.15, -0.1) is 0 Å². The zero-order valence-corrected chi connectivity index (χ0v) is 14.6. The summed E-state index contributed by atoms with van der Waals surface area (Å²) in [4.78, 5) is 24.6. The Morgan fingerprint density at radius 2 is 1.91 bits per heavy atom. The third-order valence-electron chi connectivity index (χ3n) is 3.45. The van der Waals surface area contributed by atoms with Crippen molar-refractivity contribution in [3.8, 4) is 0 Å². The summed E-state index contributed by atoms with van der Waals surface area (Å²) in [6.07, 6.45) is 2.77. The average Bonchev–Trinajstić information content (AvgIpc) is 3.10. The summed E-state index contributed by atoms with van der Waals surface area (Å²) in [6.45, 7) is 5.03. The molecule has 10 heteroatoms. The molecule has 0 fully saturated rings. The average molecular weight is 385 g/mol. The Hall–Kier alpha value is -2.23. The fraction of sp³-hybridized carbons (Fsp3) is 0.462. The van der Waals surface area contributed by atoms with Crippen LogP contribution in [0.15, 0.2) is 16.9 Å². The van der Waals surface area contributed by atoms with Crippen molar-refractivity contribution in [3.05, 3.63) is 38.4 Å². The van der Waals surface area contributed by atoms with Gasteiger partial charge in [-0.05, 0) is 29.8 Å². The van der Waals surface area contributed by atoms with Crippen molar-refractivity contribution in [1.29, 1.82) is 0 Å². The number of aryl methyl sites for hydroxylation is 2. The number of rotatable bonds is 6. The first-order chi connectivity index (χ1) is 10.9. The second-order valence-electron chi connectivity index (χ2n) is 4.87. The van der Waals surface area contributed by atoms with E-state index in [1.807, 2.05) is 6.92 Å². The van der Waals surface area contributed by atoms with Crippen LogP contribution >= 0.6 is 15.9 Å². The van der Waals surface area contributed by atoms with Gasteiger partial charge in [0.1, 0.15) is 6.20 Å². The van der Waals surface area contributed by atoms with Gasteiger partial charge in [-0.25, -0.2) is 0 Å². The lowest BCUT2D eigenvalue weighted by Gasteiger charge is -2.18. The van der Waals surface area contributed by atoms with Crippen molar-refractivity contribution in [2.75, 3.05) is 7.05 Å². The zero-order valence-electron chi connectivity index (χ0n) is 13.1. The Balaban J connectivity index is 2.32. The highest BCUT2D eigenvalue weighted by molar-refractivity contribution is 9.10. The van der Waals surface area contributed by atoms with E-state index in [1.54, 1.807) is 24.9 Å². The Morgan fingerprint density at radius 1 is 1.30 bits per heavy atom. The molecular weight excluding hydrogens is 368 g/mol. The Kier molecular flexibility index (Phi) is 5.14. The van der Waals surface area contributed by atoms with Gasteiger partial charge in [0, 0.05) is 20.1 Å². The summed E-state index contributed by atoms with van der Waals surface area (Å²) >= 11 is 3.40. The Bertz CT molecular complexity index is 738. The van der Waals surface area contributed by atoms with Gasteiger partial charge in [-0.1, -0.05) is 0 Å². The normalized spacial score (nSPS) is 10.8. The minimum absolute atomic E-state index is 0.0151. The van der Waals surface area contributed by atoms with Gasteiger partial charge in [-0.2, -0.15) is 10.2 Å². The molecule has 0 aliphatic carbocycles. The van der Waals surface area contributed by atoms with Gasteiger partial charge in [-0.3, -0.25) is 24.3 Å². The fourth-order valence-corrected chi connectivity index (χ4v) is 2.69. The third-order valence-corrected chi connectivity index (χ3v) is 4.11. The molecule has 23 heavy (non-hydrogen) atoms. The standard InChI is InChI=1S/C13H17BrN6O3/c1-4-18-11(9(14)6-15-18)8-17(3)13(21)12-10(20(22)23)7-16-19(12)5-2/h6-7H,4-5,8H2,1-3H3. The minimum atomic E-state index is -0.591. The second-order valence-corrected chi connectivity index (χ2v) is 5.72. The number of nitrogens with zero attached hydrogens (tertiary/aromatic N) is 6. The lowest BCUT2D eigenvalue weighted by Crippen LogP contribution is -2.30. The molecule has 0 unspecified atom stereocenters. The summed E-state index contributed by atoms with van der Waals surface area (Å²) in [7, 11) is 1.60. The number of halogens is 1. The molecule has 0 aromatic carbocycles. The smallest absolute Gasteiger partial charge is 0.320 e. The van der Waals surface area contributed by atoms with Crippen molar-refractivity contribution >= 4 is 27.5 Å². The number of carbonyl (C=O) groups is 1. The second kappa shape index (κ2) is 6.90. The molecule has 124 valence electrons. The zero-order chi connectivity index (χ0) is 17.1. The first-order valence-electron chi connectivity index (χ1n) is 7.06. The highest BCUT2D eigenvalue weighted by Gasteiger charge is 2.29. The quantitative estimate of drug-likeness (QED) is 0.560. The van der Waals surface area contributed by atoms with Gasteiger partial charge >= 0.3 is 5.69 Å². The number of amides is 1. The van der Waals surface area contributed by atoms with Gasteiger partial charge < -0.3 is 4.90 Å². The molecule has 2 heterocycles. The van der Waals surface area contributed by atoms with Crippen LogP contribution in [-0.4, -0.2) is 42.3 Å². The maximum atomic E-state index is 12.7. The predicted molar refractivity (Wildman–Crippen MR) is 86.0 cm³/mol. The van der Waals surface area contributed by atoms with E-state index < -0.39 is 10.8 Å². The fourth-order valence-electron chi connectivity index (χ4n) is 2.26. The number of hydrogen-bond acceptors (Lipinski definition) is 5. The first-order valence-corrected chi connectivity index (χ1v) is 7.85. The predicted octanol–water partition coefficient (Wildman–Crippen LogP) is 2.06. The van der Waals surface area contributed by atoms with Crippen LogP contribution in [0.3, 0.4) is 0 Å². The molecule has 0 saturated carbocycles. The monoisotopic (exact) mass is 384 g/mol. The Morgan fingerprint density at radius 3 is 2.48 bits per heavy atom. The highest BCUT2D eigenvalue weighted by atomic mass is 79.9. The summed E-state index contributed by atoms with van der Waals surface area (Å²) in [5.74, 6) is -0.452. The van der Waals surface area contributed by atoms with Crippen molar-refractivity contribution in [1.82, 2.24) is 24.5 Å². The molecule has 0 radical (unpaired) electrons. The van der Waals surface area contributed by atoms with E-state index in [4.69, 9.17) is 0 Å². The van der Waals surface area contributed by atoms with Crippen molar-refractivity contribution in [2.24, 2.45) is 0 Å². The molecule has 2 aromatic heterocycles. The minimum Gasteiger partial charge on any atom is -0.334 e. The molecule has 2 rings (SSSR count). The molecule has 0 spiro atoms. The SMILES string of the molecule is CCn1ncc(Br)c1CN(C)C(=O)c1c([N+](=O)[O-])cnn1CC. The molecular formula is C13H17BrN6O3. The van der Waals surface area contributed by atoms with Crippen LogP contribution in [0.4, 0.5) is 5.69 Å². The van der Waals surface area contributed by atoms with Crippen LogP contribution in [0.1, 0.15) is 30.0 Å². The lowest BCUT2D eigenvalue weighted by molar-refractivity contribution is -0.385. The molecule has 0 saturated heterocycles. The van der Waals surface area contributed by atoms with Gasteiger partial charge in [0.2, 0.25) is 5.69 Å². The summed E-state index contributed by atoms with van der Waals surface area (Å²) in [5, 5.41) is 19.2. The van der Waals surface area contributed by atoms with E-state index in [0.29, 0.717) is 13.1 Å². The largest absolute Gasteiger partial charge is 0.334 e. The van der Waals surface area contributed by atoms with Crippen molar-refractivity contribution < 1.29 is 9.72 Å². The van der Waals surface area contributed by atoms with E-state index in [0.717, 1.165) is 16.4 Å². The van der Waals surface area contributed by atoms with Crippen LogP contribution in [-0.2, 0) is 19.6 Å². The Labute approximate surface area is 141 Å². The molecule has 0 aliphatic heterocycles. The first kappa shape index (κ1) is 17.1. The molecule has 9 nitrogen and oxygen atoms in total. The molecule has 0 N–H and O–H groups in total. The number of carbonyl (C=O) groups excluding carboxylic acids is 1. The van der Waals surface area contributed by atoms with E-state index >= 15 is 0 Å². The van der Waals surface area contributed by atoms with Crippen molar-refractivity contribution in [3.63, 3.8) is 0 Å². The maximum absolute atomic E-state index is 12.7. The van der Waals surface area contributed by atoms with E-state index in [2.05, 4.69) is 26.1 Å². The third kappa shape index (κ3) is 3.26. The van der Waals surface area contributed by atoms with Crippen LogP contribution in [0.25, 0.3) is 0 Å². The summed E-state index contributed by atoms with van der Waals surface area (Å²) < 4.78 is 3.89. The van der Waals surface area contributed by atoms with Crippen LogP contribution in [0.2, 0.25) is 0 Å². The van der Waals surface area contributed by atoms with Gasteiger partial charge in [0.05, 0.1) is 27.8 Å². The highest BCUT2D eigenvalue weighted by Crippen LogP contribution is 2.22. The number of aromatic nitrogens is 4. The van der Waals surface area contributed by atoms with E-state index in [1.165, 1.54) is 9.58 Å². The molecule has 0 aliphatic rings. The number of nitro groups is 1. The van der Waals surface area contributed by atoms with Crippen LogP contribution in [0, 0.1) is 10.1 Å².